The van der Waals surface area contributed by atoms with E-state index in [4.69, 9.17) is 4.74 Å². The predicted molar refractivity (Wildman–Crippen MR) is 90.4 cm³/mol. The third-order valence-electron chi connectivity index (χ3n) is 4.82. The Kier molecular flexibility index (Phi) is 5.22. The second-order valence-electron chi connectivity index (χ2n) is 6.29. The van der Waals surface area contributed by atoms with Gasteiger partial charge in [0, 0.05) is 26.2 Å². The minimum atomic E-state index is -3.47. The van der Waals surface area contributed by atoms with Crippen LogP contribution in [0.1, 0.15) is 30.9 Å². The fraction of sp³-hybridized carbons (Fsp3) is 0.588. The van der Waals surface area contributed by atoms with Crippen molar-refractivity contribution in [3.8, 4) is 0 Å². The van der Waals surface area contributed by atoms with Gasteiger partial charge in [0.15, 0.2) is 0 Å². The minimum Gasteiger partial charge on any atom is -0.466 e. The predicted octanol–water partition coefficient (Wildman–Crippen LogP) is 1.56. The first-order chi connectivity index (χ1) is 11.5. The molecule has 1 aromatic rings. The van der Waals surface area contributed by atoms with Gasteiger partial charge in [-0.3, -0.25) is 4.79 Å². The molecule has 6 nitrogen and oxygen atoms in total. The topological polar surface area (TPSA) is 66.9 Å². The number of hydrogen-bond acceptors (Lipinski definition) is 4. The molecule has 3 rings (SSSR count). The first kappa shape index (κ1) is 17.4. The van der Waals surface area contributed by atoms with E-state index in [-0.39, 0.29) is 11.9 Å². The zero-order chi connectivity index (χ0) is 17.2. The number of rotatable bonds is 4. The second kappa shape index (κ2) is 7.21. The molecule has 2 heterocycles. The Morgan fingerprint density at radius 3 is 2.46 bits per heavy atom. The lowest BCUT2D eigenvalue weighted by molar-refractivity contribution is -0.149. The highest BCUT2D eigenvalue weighted by atomic mass is 32.2. The molecule has 0 radical (unpaired) electrons. The van der Waals surface area contributed by atoms with E-state index in [2.05, 4.69) is 6.07 Å². The van der Waals surface area contributed by atoms with E-state index < -0.39 is 10.2 Å². The second-order valence-corrected chi connectivity index (χ2v) is 8.21. The fourth-order valence-corrected chi connectivity index (χ4v) is 5.04. The van der Waals surface area contributed by atoms with Crippen molar-refractivity contribution in [2.45, 2.75) is 32.7 Å². The molecule has 0 spiro atoms. The molecule has 2 aliphatic heterocycles. The first-order valence-electron chi connectivity index (χ1n) is 8.51. The standard InChI is InChI=1S/C17H24N2O4S/c1-2-23-17(20)15-8-10-18(11-9-15)24(21,22)19-12-7-14-5-3-4-6-16(14)13-19/h3-6,15H,2,7-13H2,1H3. The van der Waals surface area contributed by atoms with Crippen LogP contribution in [0.3, 0.4) is 0 Å². The zero-order valence-electron chi connectivity index (χ0n) is 14.0. The van der Waals surface area contributed by atoms with Crippen LogP contribution in [-0.4, -0.2) is 49.2 Å². The molecule has 0 bridgehead atoms. The highest BCUT2D eigenvalue weighted by Gasteiger charge is 2.36. The molecule has 0 unspecified atom stereocenters. The normalized spacial score (nSPS) is 20.5. The van der Waals surface area contributed by atoms with Crippen LogP contribution in [-0.2, 0) is 32.7 Å². The van der Waals surface area contributed by atoms with E-state index in [1.807, 2.05) is 18.2 Å². The molecular weight excluding hydrogens is 328 g/mol. The maximum Gasteiger partial charge on any atom is 0.309 e. The molecule has 0 N–H and O–H groups in total. The van der Waals surface area contributed by atoms with Gasteiger partial charge >= 0.3 is 5.97 Å². The maximum atomic E-state index is 12.9. The number of hydrogen-bond donors (Lipinski definition) is 0. The van der Waals surface area contributed by atoms with E-state index in [0.717, 1.165) is 12.0 Å². The van der Waals surface area contributed by atoms with Gasteiger partial charge in [-0.05, 0) is 37.3 Å². The summed E-state index contributed by atoms with van der Waals surface area (Å²) in [6.45, 7) is 3.84. The van der Waals surface area contributed by atoms with Crippen molar-refractivity contribution in [3.63, 3.8) is 0 Å². The van der Waals surface area contributed by atoms with E-state index in [1.54, 1.807) is 11.2 Å². The van der Waals surface area contributed by atoms with Crippen LogP contribution in [0.15, 0.2) is 24.3 Å². The van der Waals surface area contributed by atoms with Gasteiger partial charge in [0.05, 0.1) is 12.5 Å². The highest BCUT2D eigenvalue weighted by Crippen LogP contribution is 2.26. The van der Waals surface area contributed by atoms with Gasteiger partial charge in [0.1, 0.15) is 0 Å². The van der Waals surface area contributed by atoms with Gasteiger partial charge in [-0.15, -0.1) is 0 Å². The monoisotopic (exact) mass is 352 g/mol. The number of piperidine rings is 1. The van der Waals surface area contributed by atoms with Crippen molar-refractivity contribution in [1.29, 1.82) is 0 Å². The first-order valence-corrected chi connectivity index (χ1v) is 9.90. The number of ether oxygens (including phenoxy) is 1. The number of nitrogens with zero attached hydrogens (tertiary/aromatic N) is 2. The zero-order valence-corrected chi connectivity index (χ0v) is 14.8. The van der Waals surface area contributed by atoms with Crippen LogP contribution in [0.5, 0.6) is 0 Å². The maximum absolute atomic E-state index is 12.9. The quantitative estimate of drug-likeness (QED) is 0.772. The van der Waals surface area contributed by atoms with Crippen LogP contribution >= 0.6 is 0 Å². The average Bonchev–Trinajstić information content (AvgIpc) is 2.61. The molecular formula is C17H24N2O4S. The van der Waals surface area contributed by atoms with E-state index in [9.17, 15) is 13.2 Å². The summed E-state index contributed by atoms with van der Waals surface area (Å²) in [6, 6.07) is 7.98. The summed E-state index contributed by atoms with van der Waals surface area (Å²) in [7, 11) is -3.47. The number of carbonyl (C=O) groups excluding carboxylic acids is 1. The smallest absolute Gasteiger partial charge is 0.309 e. The molecule has 0 saturated carbocycles. The summed E-state index contributed by atoms with van der Waals surface area (Å²) in [5.74, 6) is -0.389. The van der Waals surface area contributed by atoms with Crippen molar-refractivity contribution in [3.05, 3.63) is 35.4 Å². The molecule has 1 saturated heterocycles. The van der Waals surface area contributed by atoms with Crippen molar-refractivity contribution in [2.75, 3.05) is 26.2 Å². The lowest BCUT2D eigenvalue weighted by Crippen LogP contribution is -2.49. The summed E-state index contributed by atoms with van der Waals surface area (Å²) < 4.78 is 33.9. The van der Waals surface area contributed by atoms with Crippen LogP contribution in [0.25, 0.3) is 0 Å². The summed E-state index contributed by atoms with van der Waals surface area (Å²) in [5.41, 5.74) is 2.30. The fourth-order valence-electron chi connectivity index (χ4n) is 3.41. The van der Waals surface area contributed by atoms with Gasteiger partial charge < -0.3 is 4.74 Å². The molecule has 1 aromatic carbocycles. The van der Waals surface area contributed by atoms with Crippen LogP contribution in [0, 0.1) is 5.92 Å². The Balaban J connectivity index is 1.64. The van der Waals surface area contributed by atoms with Gasteiger partial charge in [-0.25, -0.2) is 0 Å². The molecule has 1 fully saturated rings. The van der Waals surface area contributed by atoms with Crippen LogP contribution in [0.2, 0.25) is 0 Å². The Morgan fingerprint density at radius 1 is 1.12 bits per heavy atom. The van der Waals surface area contributed by atoms with Gasteiger partial charge in [-0.1, -0.05) is 24.3 Å². The Labute approximate surface area is 143 Å². The SMILES string of the molecule is CCOC(=O)C1CCN(S(=O)(=O)N2CCc3ccccc3C2)CC1. The third-order valence-corrected chi connectivity index (χ3v) is 6.80. The number of benzene rings is 1. The minimum absolute atomic E-state index is 0.182. The van der Waals surface area contributed by atoms with Crippen molar-refractivity contribution in [1.82, 2.24) is 8.61 Å². The summed E-state index contributed by atoms with van der Waals surface area (Å²) in [5, 5.41) is 0. The highest BCUT2D eigenvalue weighted by molar-refractivity contribution is 7.86. The molecule has 0 amide bonds. The molecule has 0 aromatic heterocycles. The van der Waals surface area contributed by atoms with E-state index in [1.165, 1.54) is 9.87 Å². The van der Waals surface area contributed by atoms with Crippen molar-refractivity contribution < 1.29 is 17.9 Å². The molecule has 132 valence electrons. The number of fused-ring (bicyclic) bond motifs is 1. The lowest BCUT2D eigenvalue weighted by Gasteiger charge is -2.36. The van der Waals surface area contributed by atoms with Crippen molar-refractivity contribution in [2.24, 2.45) is 5.92 Å². The Hall–Kier alpha value is -1.44. The average molecular weight is 352 g/mol. The number of esters is 1. The summed E-state index contributed by atoms with van der Waals surface area (Å²) in [6.07, 6.45) is 1.81. The van der Waals surface area contributed by atoms with E-state index in [0.29, 0.717) is 45.6 Å². The molecule has 2 aliphatic rings. The molecule has 0 aliphatic carbocycles. The van der Waals surface area contributed by atoms with Gasteiger partial charge in [0.2, 0.25) is 0 Å². The summed E-state index contributed by atoms with van der Waals surface area (Å²) >= 11 is 0. The van der Waals surface area contributed by atoms with Crippen LogP contribution < -0.4 is 0 Å². The summed E-state index contributed by atoms with van der Waals surface area (Å²) in [4.78, 5) is 11.8. The van der Waals surface area contributed by atoms with Gasteiger partial charge in [0.25, 0.3) is 10.2 Å². The van der Waals surface area contributed by atoms with E-state index >= 15 is 0 Å². The van der Waals surface area contributed by atoms with Gasteiger partial charge in [-0.2, -0.15) is 17.0 Å². The number of carbonyl (C=O) groups is 1. The molecule has 24 heavy (non-hydrogen) atoms. The lowest BCUT2D eigenvalue weighted by atomic mass is 9.98. The molecule has 7 heteroatoms. The van der Waals surface area contributed by atoms with Crippen LogP contribution in [0.4, 0.5) is 0 Å². The third kappa shape index (κ3) is 3.48. The Morgan fingerprint density at radius 2 is 1.79 bits per heavy atom. The van der Waals surface area contributed by atoms with Crippen molar-refractivity contribution >= 4 is 16.2 Å². The molecule has 0 atom stereocenters. The largest absolute Gasteiger partial charge is 0.466 e. The Bertz CT molecular complexity index is 696.